The van der Waals surface area contributed by atoms with E-state index < -0.39 is 0 Å². The highest BCUT2D eigenvalue weighted by Crippen LogP contribution is 2.32. The van der Waals surface area contributed by atoms with Crippen molar-refractivity contribution in [3.63, 3.8) is 0 Å². The average molecular weight is 414 g/mol. The van der Waals surface area contributed by atoms with Crippen LogP contribution in [-0.4, -0.2) is 30.9 Å². The van der Waals surface area contributed by atoms with Crippen LogP contribution in [0.1, 0.15) is 49.6 Å². The second kappa shape index (κ2) is 9.98. The smallest absolute Gasteiger partial charge is 0.231 e. The summed E-state index contributed by atoms with van der Waals surface area (Å²) < 4.78 is 16.2. The number of hydrogen-bond donors (Lipinski definition) is 2. The van der Waals surface area contributed by atoms with E-state index in [1.165, 1.54) is 0 Å². The van der Waals surface area contributed by atoms with Gasteiger partial charge in [-0.15, -0.1) is 0 Å². The molecule has 2 aromatic rings. The number of amides is 1. The Morgan fingerprint density at radius 2 is 2.13 bits per heavy atom. The first kappa shape index (κ1) is 20.7. The number of carbonyl (C=O) groups excluding carboxylic acids is 1. The summed E-state index contributed by atoms with van der Waals surface area (Å²) in [5, 5.41) is 10.8. The summed E-state index contributed by atoms with van der Waals surface area (Å²) in [7, 11) is 0. The Morgan fingerprint density at radius 1 is 1.23 bits per heavy atom. The third kappa shape index (κ3) is 5.33. The van der Waals surface area contributed by atoms with Gasteiger partial charge in [0, 0.05) is 25.5 Å². The van der Waals surface area contributed by atoms with Gasteiger partial charge in [0.25, 0.3) is 0 Å². The first-order valence-electron chi connectivity index (χ1n) is 11.0. The molecular weight excluding hydrogens is 382 g/mol. The highest BCUT2D eigenvalue weighted by atomic mass is 16.7. The lowest BCUT2D eigenvalue weighted by Crippen LogP contribution is -2.40. The van der Waals surface area contributed by atoms with Crippen LogP contribution in [0, 0.1) is 11.8 Å². The first-order valence-corrected chi connectivity index (χ1v) is 11.0. The molecule has 4 rings (SSSR count). The summed E-state index contributed by atoms with van der Waals surface area (Å²) in [5.41, 5.74) is 2.01. The van der Waals surface area contributed by atoms with E-state index in [1.807, 2.05) is 18.2 Å². The van der Waals surface area contributed by atoms with E-state index in [-0.39, 0.29) is 12.7 Å². The molecule has 2 aliphatic rings. The molecule has 1 aromatic carbocycles. The molecule has 0 radical (unpaired) electrons. The van der Waals surface area contributed by atoms with Gasteiger partial charge < -0.3 is 24.6 Å². The Kier molecular flexibility index (Phi) is 6.89. The zero-order valence-electron chi connectivity index (χ0n) is 17.6. The van der Waals surface area contributed by atoms with Gasteiger partial charge in [-0.25, -0.2) is 0 Å². The van der Waals surface area contributed by atoms with Crippen molar-refractivity contribution < 1.29 is 18.8 Å². The lowest BCUT2D eigenvalue weighted by Gasteiger charge is -2.31. The van der Waals surface area contributed by atoms with E-state index in [0.717, 1.165) is 73.7 Å². The number of ether oxygens (including phenoxy) is 2. The van der Waals surface area contributed by atoms with Gasteiger partial charge in [0.2, 0.25) is 12.7 Å². The number of unbranched alkanes of at least 4 members (excludes halogenated alkanes) is 1. The minimum absolute atomic E-state index is 0.0911. The molecule has 1 saturated heterocycles. The van der Waals surface area contributed by atoms with Gasteiger partial charge in [0.15, 0.2) is 11.5 Å². The largest absolute Gasteiger partial charge is 0.454 e. The van der Waals surface area contributed by atoms with Crippen molar-refractivity contribution in [2.45, 2.75) is 52.0 Å². The van der Waals surface area contributed by atoms with E-state index in [1.54, 1.807) is 0 Å². The molecule has 2 N–H and O–H groups in total. The van der Waals surface area contributed by atoms with Crippen LogP contribution in [0.5, 0.6) is 11.5 Å². The van der Waals surface area contributed by atoms with Gasteiger partial charge in [-0.05, 0) is 61.9 Å². The number of nitrogens with one attached hydrogen (secondary N) is 2. The van der Waals surface area contributed by atoms with E-state index in [4.69, 9.17) is 14.0 Å². The Hall–Kier alpha value is -2.54. The molecule has 7 nitrogen and oxygen atoms in total. The lowest BCUT2D eigenvalue weighted by atomic mass is 9.81. The fraction of sp³-hybridized carbons (Fsp3) is 0.565. The van der Waals surface area contributed by atoms with Crippen molar-refractivity contribution in [2.24, 2.45) is 11.8 Å². The summed E-state index contributed by atoms with van der Waals surface area (Å²) in [4.78, 5) is 12.6. The van der Waals surface area contributed by atoms with E-state index in [9.17, 15) is 4.79 Å². The van der Waals surface area contributed by atoms with Crippen molar-refractivity contribution in [1.29, 1.82) is 0 Å². The van der Waals surface area contributed by atoms with Crippen molar-refractivity contribution in [3.8, 4) is 11.5 Å². The van der Waals surface area contributed by atoms with Crippen molar-refractivity contribution in [1.82, 2.24) is 15.8 Å². The highest BCUT2D eigenvalue weighted by molar-refractivity contribution is 5.76. The molecule has 0 spiro atoms. The minimum Gasteiger partial charge on any atom is -0.454 e. The van der Waals surface area contributed by atoms with Gasteiger partial charge in [-0.1, -0.05) is 24.6 Å². The van der Waals surface area contributed by atoms with Crippen LogP contribution < -0.4 is 20.1 Å². The Balaban J connectivity index is 1.28. The Labute approximate surface area is 177 Å². The summed E-state index contributed by atoms with van der Waals surface area (Å²) in [6, 6.07) is 7.86. The quantitative estimate of drug-likeness (QED) is 0.657. The van der Waals surface area contributed by atoms with Crippen molar-refractivity contribution in [3.05, 3.63) is 41.3 Å². The van der Waals surface area contributed by atoms with E-state index >= 15 is 0 Å². The maximum absolute atomic E-state index is 12.6. The summed E-state index contributed by atoms with van der Waals surface area (Å²) in [6.45, 7) is 4.80. The number of fused-ring (bicyclic) bond motifs is 1. The Bertz CT molecular complexity index is 851. The molecule has 0 aliphatic carbocycles. The molecule has 1 aromatic heterocycles. The first-order chi connectivity index (χ1) is 14.7. The zero-order valence-corrected chi connectivity index (χ0v) is 17.6. The normalized spacial score (nSPS) is 20.3. The Morgan fingerprint density at radius 3 is 3.03 bits per heavy atom. The number of aromatic nitrogens is 1. The third-order valence-electron chi connectivity index (χ3n) is 6.00. The molecule has 2 aliphatic heterocycles. The van der Waals surface area contributed by atoms with Gasteiger partial charge in [-0.3, -0.25) is 4.79 Å². The van der Waals surface area contributed by atoms with Gasteiger partial charge in [-0.2, -0.15) is 0 Å². The number of nitrogens with zero attached hydrogens (tertiary/aromatic N) is 1. The van der Waals surface area contributed by atoms with Crippen molar-refractivity contribution >= 4 is 5.91 Å². The predicted octanol–water partition coefficient (Wildman–Crippen LogP) is 3.22. The summed E-state index contributed by atoms with van der Waals surface area (Å²) in [6.07, 6.45) is 5.60. The van der Waals surface area contributed by atoms with E-state index in [2.05, 4.69) is 28.8 Å². The second-order valence-corrected chi connectivity index (χ2v) is 8.27. The number of carbonyl (C=O) groups is 1. The topological polar surface area (TPSA) is 85.6 Å². The maximum atomic E-state index is 12.6. The molecule has 30 heavy (non-hydrogen) atoms. The third-order valence-corrected chi connectivity index (χ3v) is 6.00. The van der Waals surface area contributed by atoms with E-state index in [0.29, 0.717) is 24.8 Å². The van der Waals surface area contributed by atoms with Crippen LogP contribution in [0.15, 0.2) is 28.8 Å². The number of hydrogen-bond acceptors (Lipinski definition) is 6. The number of benzene rings is 1. The summed E-state index contributed by atoms with van der Waals surface area (Å²) in [5.74, 6) is 3.29. The van der Waals surface area contributed by atoms with Gasteiger partial charge >= 0.3 is 0 Å². The molecule has 1 fully saturated rings. The molecule has 3 heterocycles. The van der Waals surface area contributed by atoms with Gasteiger partial charge in [0.05, 0.1) is 5.69 Å². The van der Waals surface area contributed by atoms with Crippen LogP contribution in [0.4, 0.5) is 0 Å². The lowest BCUT2D eigenvalue weighted by molar-refractivity contribution is -0.122. The monoisotopic (exact) mass is 413 g/mol. The minimum atomic E-state index is 0.0911. The van der Waals surface area contributed by atoms with Crippen LogP contribution in [0.25, 0.3) is 0 Å². The van der Waals surface area contributed by atoms with Crippen LogP contribution in [-0.2, 0) is 24.2 Å². The average Bonchev–Trinajstić information content (AvgIpc) is 3.41. The second-order valence-electron chi connectivity index (χ2n) is 8.27. The molecule has 7 heteroatoms. The molecule has 2 unspecified atom stereocenters. The highest BCUT2D eigenvalue weighted by Gasteiger charge is 2.28. The SMILES string of the molecule is CCCCc1cc(CC2CNCCC2CC(=O)NCc2ccc3c(c2)OCO3)no1. The maximum Gasteiger partial charge on any atom is 0.231 e. The standard InChI is InChI=1S/C23H31N3O4/c1-2-3-4-20-12-19(26-30-20)10-18-14-24-8-7-17(18)11-23(27)25-13-16-5-6-21-22(9-16)29-15-28-21/h5-6,9,12,17-18,24H,2-4,7-8,10-11,13-15H2,1H3,(H,25,27). The van der Waals surface area contributed by atoms with Crippen LogP contribution in [0.2, 0.25) is 0 Å². The number of rotatable bonds is 9. The molecule has 1 amide bonds. The number of piperidine rings is 1. The predicted molar refractivity (Wildman–Crippen MR) is 112 cm³/mol. The van der Waals surface area contributed by atoms with Gasteiger partial charge in [0.1, 0.15) is 5.76 Å². The molecule has 0 saturated carbocycles. The molecule has 162 valence electrons. The molecule has 0 bridgehead atoms. The van der Waals surface area contributed by atoms with Crippen LogP contribution in [0.3, 0.4) is 0 Å². The molecule has 2 atom stereocenters. The zero-order chi connectivity index (χ0) is 20.8. The van der Waals surface area contributed by atoms with Crippen molar-refractivity contribution in [2.75, 3.05) is 19.9 Å². The molecular formula is C23H31N3O4. The summed E-state index contributed by atoms with van der Waals surface area (Å²) >= 11 is 0. The van der Waals surface area contributed by atoms with Crippen LogP contribution >= 0.6 is 0 Å². The number of aryl methyl sites for hydroxylation is 1. The fourth-order valence-corrected chi connectivity index (χ4v) is 4.24. The fourth-order valence-electron chi connectivity index (χ4n) is 4.24.